The van der Waals surface area contributed by atoms with E-state index in [-0.39, 0.29) is 59.3 Å². The number of carbonyl (C=O) groups is 4. The van der Waals surface area contributed by atoms with Crippen LogP contribution in [0.1, 0.15) is 48.5 Å². The molecule has 4 amide bonds. The van der Waals surface area contributed by atoms with E-state index in [1.165, 1.54) is 13.0 Å². The van der Waals surface area contributed by atoms with Gasteiger partial charge >= 0.3 is 6.03 Å². The number of halogens is 2. The van der Waals surface area contributed by atoms with E-state index in [0.29, 0.717) is 28.6 Å². The van der Waals surface area contributed by atoms with Crippen LogP contribution in [0.5, 0.6) is 0 Å². The van der Waals surface area contributed by atoms with Crippen LogP contribution in [-0.4, -0.2) is 63.2 Å². The summed E-state index contributed by atoms with van der Waals surface area (Å²) in [5.41, 5.74) is 1.99. The Labute approximate surface area is 241 Å². The fourth-order valence-electron chi connectivity index (χ4n) is 6.17. The number of anilines is 1. The number of aromatic nitrogens is 1. The second kappa shape index (κ2) is 10.8. The average molecular weight is 580 g/mol. The lowest BCUT2D eigenvalue weighted by molar-refractivity contribution is -0.140. The highest BCUT2D eigenvalue weighted by Crippen LogP contribution is 2.48. The monoisotopic (exact) mass is 579 g/mol. The van der Waals surface area contributed by atoms with Crippen molar-refractivity contribution in [1.82, 2.24) is 19.7 Å². The zero-order valence-corrected chi connectivity index (χ0v) is 23.4. The minimum absolute atomic E-state index is 0.00246. The van der Waals surface area contributed by atoms with Gasteiger partial charge in [0, 0.05) is 59.6 Å². The normalized spacial score (nSPS) is 21.2. The minimum Gasteiger partial charge on any atom is -0.350 e. The van der Waals surface area contributed by atoms with Gasteiger partial charge in [-0.05, 0) is 62.8 Å². The van der Waals surface area contributed by atoms with E-state index in [1.54, 1.807) is 50.9 Å². The first-order valence-electron chi connectivity index (χ1n) is 13.9. The molecule has 0 radical (unpaired) electrons. The Balaban J connectivity index is 1.18. The van der Waals surface area contributed by atoms with Crippen LogP contribution in [0.15, 0.2) is 42.6 Å². The first-order chi connectivity index (χ1) is 19.7. The Morgan fingerprint density at radius 1 is 1.07 bits per heavy atom. The van der Waals surface area contributed by atoms with Crippen molar-refractivity contribution in [3.8, 4) is 0 Å². The standard InChI is InChI=1S/C30H31ClFN5O4/c1-17(38)22-15-36(24-8-7-20(13-21(22)24)34-30(41)35-9-2-3-10-35)16-27(39)37-25-11-19(25)12-26(37)29(40)33-14-18-5-4-6-23(31)28(18)32/h4-8,13,15,19,25-26H,2-3,9-12,14,16H2,1H3,(H,33,40)(H,34,41)/t19-,25?,26+/m1/s1. The highest BCUT2D eigenvalue weighted by molar-refractivity contribution is 6.30. The summed E-state index contributed by atoms with van der Waals surface area (Å²) >= 11 is 5.86. The number of nitrogens with zero attached hydrogens (tertiary/aromatic N) is 3. The Morgan fingerprint density at radius 2 is 1.85 bits per heavy atom. The quantitative estimate of drug-likeness (QED) is 0.400. The lowest BCUT2D eigenvalue weighted by Crippen LogP contribution is -2.48. The Hall–Kier alpha value is -3.92. The number of ketones is 1. The largest absolute Gasteiger partial charge is 0.350 e. The number of hydrogen-bond acceptors (Lipinski definition) is 4. The highest BCUT2D eigenvalue weighted by Gasteiger charge is 2.55. The summed E-state index contributed by atoms with van der Waals surface area (Å²) in [5.74, 6) is -1.00. The van der Waals surface area contributed by atoms with Crippen LogP contribution < -0.4 is 10.6 Å². The molecule has 1 aliphatic carbocycles. The Kier molecular flexibility index (Phi) is 7.19. The summed E-state index contributed by atoms with van der Waals surface area (Å²) in [6.45, 7) is 2.84. The maximum atomic E-state index is 14.3. The van der Waals surface area contributed by atoms with Gasteiger partial charge < -0.3 is 25.0 Å². The van der Waals surface area contributed by atoms with E-state index in [0.717, 1.165) is 32.4 Å². The zero-order chi connectivity index (χ0) is 28.8. The van der Waals surface area contributed by atoms with Crippen molar-refractivity contribution in [2.24, 2.45) is 5.92 Å². The minimum atomic E-state index is -0.644. The van der Waals surface area contributed by atoms with Crippen molar-refractivity contribution in [2.45, 2.75) is 57.8 Å². The molecule has 9 nitrogen and oxygen atoms in total. The highest BCUT2D eigenvalue weighted by atomic mass is 35.5. The Morgan fingerprint density at radius 3 is 2.61 bits per heavy atom. The number of likely N-dealkylation sites (tertiary alicyclic amines) is 2. The number of fused-ring (bicyclic) bond motifs is 2. The van der Waals surface area contributed by atoms with E-state index in [1.807, 2.05) is 0 Å². The number of urea groups is 1. The molecule has 1 saturated carbocycles. The lowest BCUT2D eigenvalue weighted by atomic mass is 10.1. The van der Waals surface area contributed by atoms with Gasteiger partial charge in [-0.3, -0.25) is 14.4 Å². The summed E-state index contributed by atoms with van der Waals surface area (Å²) in [7, 11) is 0. The van der Waals surface area contributed by atoms with Crippen LogP contribution >= 0.6 is 11.6 Å². The smallest absolute Gasteiger partial charge is 0.321 e. The first kappa shape index (κ1) is 27.3. The van der Waals surface area contributed by atoms with E-state index in [2.05, 4.69) is 10.6 Å². The summed E-state index contributed by atoms with van der Waals surface area (Å²) in [6.07, 6.45) is 5.04. The fourth-order valence-corrected chi connectivity index (χ4v) is 6.36. The molecule has 3 aromatic rings. The first-order valence-corrected chi connectivity index (χ1v) is 14.3. The van der Waals surface area contributed by atoms with Gasteiger partial charge in [0.1, 0.15) is 18.4 Å². The van der Waals surface area contributed by atoms with Gasteiger partial charge in [-0.15, -0.1) is 0 Å². The molecule has 6 rings (SSSR count). The van der Waals surface area contributed by atoms with E-state index in [4.69, 9.17) is 11.6 Å². The predicted octanol–water partition coefficient (Wildman–Crippen LogP) is 4.57. The number of amides is 4. The third-order valence-corrected chi connectivity index (χ3v) is 8.68. The van der Waals surface area contributed by atoms with Gasteiger partial charge in [0.05, 0.1) is 5.02 Å². The molecular weight excluding hydrogens is 549 g/mol. The molecule has 3 heterocycles. The molecule has 2 saturated heterocycles. The molecule has 3 fully saturated rings. The number of nitrogens with one attached hydrogen (secondary N) is 2. The molecule has 0 bridgehead atoms. The topological polar surface area (TPSA) is 104 Å². The molecular formula is C30H31ClFN5O4. The SMILES string of the molecule is CC(=O)c1cn(CC(=O)N2C3C[C@@H]3C[C@H]2C(=O)NCc2cccc(Cl)c2F)c2ccc(NC(=O)N3CCCC3)cc12. The van der Waals surface area contributed by atoms with Crippen molar-refractivity contribution < 1.29 is 23.6 Å². The number of carbonyl (C=O) groups excluding carboxylic acids is 4. The van der Waals surface area contributed by atoms with Crippen LogP contribution in [0.2, 0.25) is 5.02 Å². The van der Waals surface area contributed by atoms with Crippen molar-refractivity contribution in [3.63, 3.8) is 0 Å². The van der Waals surface area contributed by atoms with Crippen molar-refractivity contribution in [1.29, 1.82) is 0 Å². The molecule has 3 atom stereocenters. The molecule has 11 heteroatoms. The van der Waals surface area contributed by atoms with E-state index >= 15 is 0 Å². The van der Waals surface area contributed by atoms with E-state index < -0.39 is 11.9 Å². The van der Waals surface area contributed by atoms with Gasteiger partial charge in [0.2, 0.25) is 11.8 Å². The van der Waals surface area contributed by atoms with Crippen molar-refractivity contribution in [2.75, 3.05) is 18.4 Å². The number of piperidine rings is 1. The second-order valence-corrected chi connectivity index (χ2v) is 11.5. The van der Waals surface area contributed by atoms with Gasteiger partial charge in [-0.25, -0.2) is 9.18 Å². The molecule has 2 N–H and O–H groups in total. The van der Waals surface area contributed by atoms with Gasteiger partial charge in [-0.2, -0.15) is 0 Å². The lowest BCUT2D eigenvalue weighted by Gasteiger charge is -2.27. The molecule has 3 aliphatic rings. The fraction of sp³-hybridized carbons (Fsp3) is 0.400. The molecule has 0 spiro atoms. The molecule has 1 unspecified atom stereocenters. The van der Waals surface area contributed by atoms with Crippen LogP contribution in [0.3, 0.4) is 0 Å². The number of hydrogen-bond donors (Lipinski definition) is 2. The molecule has 2 aromatic carbocycles. The number of benzene rings is 2. The van der Waals surface area contributed by atoms with Crippen molar-refractivity contribution in [3.05, 3.63) is 64.6 Å². The van der Waals surface area contributed by atoms with Crippen LogP contribution in [0.4, 0.5) is 14.9 Å². The number of Topliss-reactive ketones (excluding diaryl/α,β-unsaturated/α-hetero) is 1. The van der Waals surface area contributed by atoms with Crippen LogP contribution in [0.25, 0.3) is 10.9 Å². The van der Waals surface area contributed by atoms with Gasteiger partial charge in [0.25, 0.3) is 0 Å². The predicted molar refractivity (Wildman–Crippen MR) is 152 cm³/mol. The maximum Gasteiger partial charge on any atom is 0.321 e. The van der Waals surface area contributed by atoms with Gasteiger partial charge in [0.15, 0.2) is 5.78 Å². The maximum absolute atomic E-state index is 14.3. The third kappa shape index (κ3) is 5.28. The number of rotatable bonds is 7. The Bertz CT molecular complexity index is 1570. The second-order valence-electron chi connectivity index (χ2n) is 11.1. The summed E-state index contributed by atoms with van der Waals surface area (Å²) in [6, 6.07) is 9.13. The van der Waals surface area contributed by atoms with E-state index in [9.17, 15) is 23.6 Å². The summed E-state index contributed by atoms with van der Waals surface area (Å²) in [4.78, 5) is 55.2. The molecule has 1 aromatic heterocycles. The summed E-state index contributed by atoms with van der Waals surface area (Å²) < 4.78 is 16.0. The van der Waals surface area contributed by atoms with Gasteiger partial charge in [-0.1, -0.05) is 23.7 Å². The average Bonchev–Trinajstić information content (AvgIpc) is 3.30. The van der Waals surface area contributed by atoms with Crippen LogP contribution in [-0.2, 0) is 22.7 Å². The summed E-state index contributed by atoms with van der Waals surface area (Å²) in [5, 5.41) is 6.31. The zero-order valence-electron chi connectivity index (χ0n) is 22.7. The molecule has 214 valence electrons. The van der Waals surface area contributed by atoms with Crippen molar-refractivity contribution >= 4 is 51.8 Å². The molecule has 41 heavy (non-hydrogen) atoms. The molecule has 2 aliphatic heterocycles. The van der Waals surface area contributed by atoms with Crippen LogP contribution in [0, 0.1) is 11.7 Å². The third-order valence-electron chi connectivity index (χ3n) is 8.39.